The summed E-state index contributed by atoms with van der Waals surface area (Å²) in [6.07, 6.45) is 1.62. The molecule has 0 aliphatic carbocycles. The Bertz CT molecular complexity index is 555. The molecule has 0 spiro atoms. The highest BCUT2D eigenvalue weighted by Gasteiger charge is 2.12. The quantitative estimate of drug-likeness (QED) is 0.842. The number of hydrogen-bond donors (Lipinski definition) is 1. The Labute approximate surface area is 93.5 Å². The summed E-state index contributed by atoms with van der Waals surface area (Å²) in [7, 11) is 0. The van der Waals surface area contributed by atoms with E-state index < -0.39 is 5.97 Å². The lowest BCUT2D eigenvalue weighted by atomic mass is 10.1. The SMILES string of the molecule is Cc1c(C(C)C)nc2ccc(C(=O)O)cn12. The fourth-order valence-corrected chi connectivity index (χ4v) is 1.85. The third-order valence-corrected chi connectivity index (χ3v) is 2.69. The molecular formula is C12H14N2O2. The third-order valence-electron chi connectivity index (χ3n) is 2.69. The molecule has 0 saturated heterocycles. The van der Waals surface area contributed by atoms with Crippen LogP contribution in [0.4, 0.5) is 0 Å². The van der Waals surface area contributed by atoms with Gasteiger partial charge >= 0.3 is 5.97 Å². The van der Waals surface area contributed by atoms with Gasteiger partial charge in [0.15, 0.2) is 0 Å². The Morgan fingerprint density at radius 2 is 2.12 bits per heavy atom. The Balaban J connectivity index is 2.69. The summed E-state index contributed by atoms with van der Waals surface area (Å²) < 4.78 is 1.83. The number of nitrogens with zero attached hydrogens (tertiary/aromatic N) is 2. The van der Waals surface area contributed by atoms with Crippen LogP contribution >= 0.6 is 0 Å². The van der Waals surface area contributed by atoms with Crippen molar-refractivity contribution in [2.45, 2.75) is 26.7 Å². The highest BCUT2D eigenvalue weighted by atomic mass is 16.4. The van der Waals surface area contributed by atoms with Crippen LogP contribution in [0.2, 0.25) is 0 Å². The minimum absolute atomic E-state index is 0.281. The summed E-state index contributed by atoms with van der Waals surface area (Å²) in [4.78, 5) is 15.3. The van der Waals surface area contributed by atoms with Gasteiger partial charge in [-0.25, -0.2) is 9.78 Å². The van der Waals surface area contributed by atoms with Crippen molar-refractivity contribution in [3.05, 3.63) is 35.3 Å². The lowest BCUT2D eigenvalue weighted by Gasteiger charge is -2.01. The number of rotatable bonds is 2. The van der Waals surface area contributed by atoms with Crippen LogP contribution in [0.5, 0.6) is 0 Å². The van der Waals surface area contributed by atoms with Gasteiger partial charge in [-0.05, 0) is 25.0 Å². The van der Waals surface area contributed by atoms with Crippen LogP contribution in [0.25, 0.3) is 5.65 Å². The monoisotopic (exact) mass is 218 g/mol. The van der Waals surface area contributed by atoms with E-state index in [0.717, 1.165) is 17.0 Å². The van der Waals surface area contributed by atoms with E-state index in [4.69, 9.17) is 5.11 Å². The van der Waals surface area contributed by atoms with Gasteiger partial charge in [-0.2, -0.15) is 0 Å². The van der Waals surface area contributed by atoms with Crippen LogP contribution in [0.1, 0.15) is 41.5 Å². The summed E-state index contributed by atoms with van der Waals surface area (Å²) in [6.45, 7) is 6.11. The molecule has 4 heteroatoms. The fourth-order valence-electron chi connectivity index (χ4n) is 1.85. The average molecular weight is 218 g/mol. The third kappa shape index (κ3) is 1.56. The zero-order valence-electron chi connectivity index (χ0n) is 9.56. The van der Waals surface area contributed by atoms with Crippen molar-refractivity contribution in [1.29, 1.82) is 0 Å². The number of aryl methyl sites for hydroxylation is 1. The zero-order valence-corrected chi connectivity index (χ0v) is 9.56. The number of carboxylic acid groups (broad SMARTS) is 1. The summed E-state index contributed by atoms with van der Waals surface area (Å²) in [5.41, 5.74) is 3.10. The van der Waals surface area contributed by atoms with Gasteiger partial charge in [0, 0.05) is 11.9 Å². The van der Waals surface area contributed by atoms with Crippen molar-refractivity contribution in [1.82, 2.24) is 9.38 Å². The second-order valence-electron chi connectivity index (χ2n) is 4.19. The molecule has 0 aliphatic heterocycles. The second kappa shape index (κ2) is 3.63. The minimum atomic E-state index is -0.916. The largest absolute Gasteiger partial charge is 0.478 e. The Hall–Kier alpha value is -1.84. The van der Waals surface area contributed by atoms with Crippen LogP contribution in [0.3, 0.4) is 0 Å². The number of fused-ring (bicyclic) bond motifs is 1. The van der Waals surface area contributed by atoms with Gasteiger partial charge in [-0.3, -0.25) is 0 Å². The van der Waals surface area contributed by atoms with Gasteiger partial charge in [0.1, 0.15) is 5.65 Å². The van der Waals surface area contributed by atoms with E-state index in [1.807, 2.05) is 11.3 Å². The molecule has 0 saturated carbocycles. The Kier molecular flexibility index (Phi) is 2.42. The van der Waals surface area contributed by atoms with E-state index in [9.17, 15) is 4.79 Å². The van der Waals surface area contributed by atoms with E-state index in [-0.39, 0.29) is 5.56 Å². The first-order valence-electron chi connectivity index (χ1n) is 5.22. The molecule has 2 heterocycles. The summed E-state index contributed by atoms with van der Waals surface area (Å²) in [5.74, 6) is -0.575. The smallest absolute Gasteiger partial charge is 0.337 e. The molecule has 0 radical (unpaired) electrons. The van der Waals surface area contributed by atoms with Crippen molar-refractivity contribution in [2.24, 2.45) is 0 Å². The molecule has 2 rings (SSSR count). The highest BCUT2D eigenvalue weighted by molar-refractivity contribution is 5.87. The molecule has 2 aromatic heterocycles. The molecule has 4 nitrogen and oxygen atoms in total. The topological polar surface area (TPSA) is 54.6 Å². The van der Waals surface area contributed by atoms with Gasteiger partial charge < -0.3 is 9.51 Å². The van der Waals surface area contributed by atoms with E-state index in [0.29, 0.717) is 5.92 Å². The van der Waals surface area contributed by atoms with Crippen molar-refractivity contribution in [3.8, 4) is 0 Å². The first-order valence-corrected chi connectivity index (χ1v) is 5.22. The number of aromatic nitrogens is 2. The molecule has 0 atom stereocenters. The van der Waals surface area contributed by atoms with E-state index in [1.54, 1.807) is 18.3 Å². The van der Waals surface area contributed by atoms with Gasteiger partial charge in [-0.1, -0.05) is 13.8 Å². The maximum Gasteiger partial charge on any atom is 0.337 e. The molecule has 0 unspecified atom stereocenters. The predicted octanol–water partition coefficient (Wildman–Crippen LogP) is 2.46. The maximum atomic E-state index is 10.9. The first-order chi connectivity index (χ1) is 7.50. The van der Waals surface area contributed by atoms with Crippen LogP contribution in [-0.4, -0.2) is 20.5 Å². The van der Waals surface area contributed by atoms with Crippen LogP contribution in [0.15, 0.2) is 18.3 Å². The number of carbonyl (C=O) groups is 1. The number of pyridine rings is 1. The number of carboxylic acids is 1. The zero-order chi connectivity index (χ0) is 11.9. The average Bonchev–Trinajstić information content (AvgIpc) is 2.56. The number of hydrogen-bond acceptors (Lipinski definition) is 2. The van der Waals surface area contributed by atoms with Crippen LogP contribution < -0.4 is 0 Å². The van der Waals surface area contributed by atoms with Gasteiger partial charge in [0.25, 0.3) is 0 Å². The Morgan fingerprint density at radius 3 is 2.69 bits per heavy atom. The van der Waals surface area contributed by atoms with Crippen LogP contribution in [0, 0.1) is 6.92 Å². The molecular weight excluding hydrogens is 204 g/mol. The van der Waals surface area contributed by atoms with E-state index in [1.165, 1.54) is 0 Å². The van der Waals surface area contributed by atoms with Gasteiger partial charge in [0.2, 0.25) is 0 Å². The Morgan fingerprint density at radius 1 is 1.44 bits per heavy atom. The normalized spacial score (nSPS) is 11.2. The number of imidazole rings is 1. The lowest BCUT2D eigenvalue weighted by molar-refractivity contribution is 0.0696. The van der Waals surface area contributed by atoms with Gasteiger partial charge in [-0.15, -0.1) is 0 Å². The summed E-state index contributed by atoms with van der Waals surface area (Å²) >= 11 is 0. The van der Waals surface area contributed by atoms with Crippen LogP contribution in [-0.2, 0) is 0 Å². The molecule has 0 aliphatic rings. The maximum absolute atomic E-state index is 10.9. The molecule has 0 amide bonds. The van der Waals surface area contributed by atoms with E-state index in [2.05, 4.69) is 18.8 Å². The van der Waals surface area contributed by atoms with Crippen molar-refractivity contribution in [3.63, 3.8) is 0 Å². The highest BCUT2D eigenvalue weighted by Crippen LogP contribution is 2.20. The lowest BCUT2D eigenvalue weighted by Crippen LogP contribution is -1.99. The van der Waals surface area contributed by atoms with Crippen molar-refractivity contribution in [2.75, 3.05) is 0 Å². The van der Waals surface area contributed by atoms with Crippen molar-refractivity contribution >= 4 is 11.6 Å². The molecule has 16 heavy (non-hydrogen) atoms. The fraction of sp³-hybridized carbons (Fsp3) is 0.333. The molecule has 1 N–H and O–H groups in total. The standard InChI is InChI=1S/C12H14N2O2/c1-7(2)11-8(3)14-6-9(12(15)16)4-5-10(14)13-11/h4-7H,1-3H3,(H,15,16). The molecule has 0 aromatic carbocycles. The number of aromatic carboxylic acids is 1. The second-order valence-corrected chi connectivity index (χ2v) is 4.19. The summed E-state index contributed by atoms with van der Waals surface area (Å²) in [5, 5.41) is 8.92. The molecule has 0 bridgehead atoms. The molecule has 84 valence electrons. The van der Waals surface area contributed by atoms with E-state index >= 15 is 0 Å². The van der Waals surface area contributed by atoms with Gasteiger partial charge in [0.05, 0.1) is 11.3 Å². The molecule has 2 aromatic rings. The molecule has 0 fully saturated rings. The van der Waals surface area contributed by atoms with Crippen molar-refractivity contribution < 1.29 is 9.90 Å². The first kappa shape index (κ1) is 10.7. The predicted molar refractivity (Wildman–Crippen MR) is 61.0 cm³/mol. The minimum Gasteiger partial charge on any atom is -0.478 e. The summed E-state index contributed by atoms with van der Waals surface area (Å²) in [6, 6.07) is 3.32.